The summed E-state index contributed by atoms with van der Waals surface area (Å²) in [5.74, 6) is 0. The molecule has 0 N–H and O–H groups in total. The molecule has 2 rings (SSSR count). The summed E-state index contributed by atoms with van der Waals surface area (Å²) in [6, 6.07) is 1.77. The molecule has 2 aromatic rings. The van der Waals surface area contributed by atoms with Gasteiger partial charge in [-0.3, -0.25) is 4.98 Å². The monoisotopic (exact) mass is 324 g/mol. The van der Waals surface area contributed by atoms with Crippen LogP contribution >= 0.6 is 45.8 Å². The van der Waals surface area contributed by atoms with E-state index in [1.165, 1.54) is 0 Å². The average molecular weight is 325 g/mol. The molecule has 2 nitrogen and oxygen atoms in total. The van der Waals surface area contributed by atoms with Crippen molar-refractivity contribution >= 4 is 56.7 Å². The van der Waals surface area contributed by atoms with Crippen LogP contribution in [0.1, 0.15) is 0 Å². The summed E-state index contributed by atoms with van der Waals surface area (Å²) in [6.45, 7) is 0. The molecule has 0 aromatic carbocycles. The van der Waals surface area contributed by atoms with Crippen molar-refractivity contribution in [2.45, 2.75) is 0 Å². The molecule has 0 fully saturated rings. The van der Waals surface area contributed by atoms with Crippen LogP contribution in [0.3, 0.4) is 0 Å². The third-order valence-electron chi connectivity index (χ3n) is 1.59. The van der Waals surface area contributed by atoms with Gasteiger partial charge >= 0.3 is 0 Å². The topological polar surface area (TPSA) is 25.8 Å². The molecule has 0 aliphatic heterocycles. The number of hydrogen-bond acceptors (Lipinski definition) is 2. The van der Waals surface area contributed by atoms with E-state index in [1.54, 1.807) is 18.5 Å². The quantitative estimate of drug-likeness (QED) is 0.547. The van der Waals surface area contributed by atoms with Gasteiger partial charge in [0, 0.05) is 17.8 Å². The molecule has 0 spiro atoms. The van der Waals surface area contributed by atoms with Gasteiger partial charge < -0.3 is 0 Å². The first-order chi connectivity index (χ1) is 6.18. The summed E-state index contributed by atoms with van der Waals surface area (Å²) in [5.41, 5.74) is 0.838. The number of fused-ring (bicyclic) bond motifs is 1. The zero-order valence-electron chi connectivity index (χ0n) is 6.26. The maximum Gasteiger partial charge on any atom is 0.138 e. The van der Waals surface area contributed by atoms with E-state index in [-0.39, 0.29) is 0 Å². The molecule has 0 amide bonds. The van der Waals surface area contributed by atoms with Crippen LogP contribution in [0.5, 0.6) is 0 Å². The molecule has 66 valence electrons. The van der Waals surface area contributed by atoms with E-state index in [9.17, 15) is 0 Å². The van der Waals surface area contributed by atoms with Gasteiger partial charge in [-0.2, -0.15) is 0 Å². The molecule has 0 bridgehead atoms. The molecule has 0 saturated carbocycles. The predicted octanol–water partition coefficient (Wildman–Crippen LogP) is 3.54. The van der Waals surface area contributed by atoms with E-state index < -0.39 is 0 Å². The number of pyridine rings is 2. The minimum absolute atomic E-state index is 0.436. The average Bonchev–Trinajstić information content (AvgIpc) is 2.12. The molecular weight excluding hydrogens is 322 g/mol. The largest absolute Gasteiger partial charge is 0.253 e. The summed E-state index contributed by atoms with van der Waals surface area (Å²) in [4.78, 5) is 8.18. The van der Waals surface area contributed by atoms with E-state index in [2.05, 4.69) is 32.6 Å². The zero-order valence-corrected chi connectivity index (χ0v) is 9.93. The zero-order chi connectivity index (χ0) is 9.42. The van der Waals surface area contributed by atoms with E-state index in [0.717, 1.165) is 14.5 Å². The van der Waals surface area contributed by atoms with Crippen LogP contribution in [0, 0.1) is 3.57 Å². The lowest BCUT2D eigenvalue weighted by Gasteiger charge is -2.00. The molecule has 0 aliphatic carbocycles. The Bertz CT molecular complexity index is 473. The number of halogens is 3. The van der Waals surface area contributed by atoms with Crippen molar-refractivity contribution in [2.75, 3.05) is 0 Å². The molecule has 0 atom stereocenters. The van der Waals surface area contributed by atoms with E-state index in [4.69, 9.17) is 23.2 Å². The first-order valence-electron chi connectivity index (χ1n) is 3.44. The van der Waals surface area contributed by atoms with Crippen molar-refractivity contribution in [1.82, 2.24) is 9.97 Å². The van der Waals surface area contributed by atoms with Crippen LogP contribution in [0.15, 0.2) is 18.5 Å². The number of aromatic nitrogens is 2. The normalized spacial score (nSPS) is 10.7. The van der Waals surface area contributed by atoms with Crippen molar-refractivity contribution in [1.29, 1.82) is 0 Å². The maximum atomic E-state index is 5.89. The molecular formula is C8H3Cl2IN2. The summed E-state index contributed by atoms with van der Waals surface area (Å²) in [5, 5.41) is 1.80. The summed E-state index contributed by atoms with van der Waals surface area (Å²) in [7, 11) is 0. The molecule has 13 heavy (non-hydrogen) atoms. The van der Waals surface area contributed by atoms with Gasteiger partial charge in [-0.1, -0.05) is 23.2 Å². The highest BCUT2D eigenvalue weighted by Gasteiger charge is 2.05. The van der Waals surface area contributed by atoms with E-state index in [0.29, 0.717) is 10.2 Å². The van der Waals surface area contributed by atoms with Crippen LogP contribution in [-0.2, 0) is 0 Å². The highest BCUT2D eigenvalue weighted by molar-refractivity contribution is 14.1. The fraction of sp³-hybridized carbons (Fsp3) is 0. The Hall–Kier alpha value is -0.130. The smallest absolute Gasteiger partial charge is 0.138 e. The number of nitrogens with zero attached hydrogens (tertiary/aromatic N) is 2. The van der Waals surface area contributed by atoms with Crippen LogP contribution in [0.4, 0.5) is 0 Å². The lowest BCUT2D eigenvalue weighted by atomic mass is 10.3. The maximum absolute atomic E-state index is 5.89. The highest BCUT2D eigenvalue weighted by Crippen LogP contribution is 2.25. The van der Waals surface area contributed by atoms with Crippen molar-refractivity contribution in [3.63, 3.8) is 0 Å². The lowest BCUT2D eigenvalue weighted by molar-refractivity contribution is 1.30. The van der Waals surface area contributed by atoms with Gasteiger partial charge in [0.2, 0.25) is 0 Å². The van der Waals surface area contributed by atoms with Gasteiger partial charge in [0.25, 0.3) is 0 Å². The van der Waals surface area contributed by atoms with Gasteiger partial charge in [0.15, 0.2) is 0 Å². The second-order valence-electron chi connectivity index (χ2n) is 2.45. The Morgan fingerprint density at radius 3 is 2.69 bits per heavy atom. The Kier molecular flexibility index (Phi) is 2.58. The minimum Gasteiger partial charge on any atom is -0.253 e. The molecule has 2 heterocycles. The lowest BCUT2D eigenvalue weighted by Crippen LogP contribution is -1.86. The second-order valence-corrected chi connectivity index (χ2v) is 4.40. The van der Waals surface area contributed by atoms with Crippen molar-refractivity contribution < 1.29 is 0 Å². The van der Waals surface area contributed by atoms with Crippen molar-refractivity contribution in [2.24, 2.45) is 0 Å². The van der Waals surface area contributed by atoms with Crippen LogP contribution in [0.2, 0.25) is 10.2 Å². The van der Waals surface area contributed by atoms with E-state index in [1.807, 2.05) is 0 Å². The fourth-order valence-corrected chi connectivity index (χ4v) is 1.95. The van der Waals surface area contributed by atoms with Crippen molar-refractivity contribution in [3.8, 4) is 0 Å². The Morgan fingerprint density at radius 2 is 1.92 bits per heavy atom. The van der Waals surface area contributed by atoms with Gasteiger partial charge in [-0.05, 0) is 28.7 Å². The van der Waals surface area contributed by atoms with Gasteiger partial charge in [0.05, 0.1) is 14.1 Å². The van der Waals surface area contributed by atoms with Crippen LogP contribution in [-0.4, -0.2) is 9.97 Å². The fourth-order valence-electron chi connectivity index (χ4n) is 1.03. The number of rotatable bonds is 0. The number of hydrogen-bond donors (Lipinski definition) is 0. The Balaban J connectivity index is 2.92. The minimum atomic E-state index is 0.436. The SMILES string of the molecule is Clc1cnc2c(I)cnc(Cl)c2c1. The molecule has 2 aromatic heterocycles. The third kappa shape index (κ3) is 1.73. The van der Waals surface area contributed by atoms with Gasteiger partial charge in [0.1, 0.15) is 5.15 Å². The Labute approximate surface area is 98.4 Å². The van der Waals surface area contributed by atoms with Crippen molar-refractivity contribution in [3.05, 3.63) is 32.2 Å². The standard InChI is InChI=1S/C8H3Cl2IN2/c9-4-1-5-7(12-2-4)6(11)3-13-8(5)10/h1-3H. The van der Waals surface area contributed by atoms with Crippen LogP contribution in [0.25, 0.3) is 10.9 Å². The van der Waals surface area contributed by atoms with Crippen LogP contribution < -0.4 is 0 Å². The molecule has 0 unspecified atom stereocenters. The molecule has 0 saturated heterocycles. The van der Waals surface area contributed by atoms with Gasteiger partial charge in [-0.15, -0.1) is 0 Å². The first-order valence-corrected chi connectivity index (χ1v) is 5.27. The second kappa shape index (κ2) is 3.55. The summed E-state index contributed by atoms with van der Waals surface area (Å²) < 4.78 is 0.966. The molecule has 0 radical (unpaired) electrons. The first kappa shape index (κ1) is 9.43. The summed E-state index contributed by atoms with van der Waals surface area (Å²) >= 11 is 13.8. The molecule has 0 aliphatic rings. The summed E-state index contributed by atoms with van der Waals surface area (Å²) in [6.07, 6.45) is 3.29. The Morgan fingerprint density at radius 1 is 1.15 bits per heavy atom. The molecule has 5 heteroatoms. The van der Waals surface area contributed by atoms with E-state index >= 15 is 0 Å². The third-order valence-corrected chi connectivity index (χ3v) is 2.89. The highest BCUT2D eigenvalue weighted by atomic mass is 127. The predicted molar refractivity (Wildman–Crippen MR) is 62.3 cm³/mol. The van der Waals surface area contributed by atoms with Gasteiger partial charge in [-0.25, -0.2) is 4.98 Å².